The molecule has 2 rings (SSSR count). The Bertz CT molecular complexity index is 343. The molecule has 1 aromatic heterocycles. The molecule has 0 unspecified atom stereocenters. The molecule has 0 aromatic carbocycles. The van der Waals surface area contributed by atoms with Crippen molar-refractivity contribution in [2.24, 2.45) is 5.73 Å². The maximum Gasteiger partial charge on any atom is 0.128 e. The maximum absolute atomic E-state index is 5.93. The van der Waals surface area contributed by atoms with Gasteiger partial charge in [0.1, 0.15) is 5.82 Å². The molecule has 1 heterocycles. The third-order valence-corrected chi connectivity index (χ3v) is 3.55. The van der Waals surface area contributed by atoms with Gasteiger partial charge in [-0.2, -0.15) is 0 Å². The van der Waals surface area contributed by atoms with E-state index in [0.29, 0.717) is 12.1 Å². The van der Waals surface area contributed by atoms with Gasteiger partial charge in [-0.05, 0) is 50.3 Å². The second-order valence-corrected chi connectivity index (χ2v) is 4.87. The quantitative estimate of drug-likeness (QED) is 0.828. The van der Waals surface area contributed by atoms with Crippen molar-refractivity contribution in [3.63, 3.8) is 0 Å². The summed E-state index contributed by atoms with van der Waals surface area (Å²) in [6.45, 7) is 2.11. The molecule has 0 radical (unpaired) electrons. The Hall–Kier alpha value is -1.09. The number of pyridine rings is 1. The summed E-state index contributed by atoms with van der Waals surface area (Å²) >= 11 is 0. The monoisotopic (exact) mass is 219 g/mol. The smallest absolute Gasteiger partial charge is 0.128 e. The van der Waals surface area contributed by atoms with Crippen LogP contribution in [0.1, 0.15) is 31.2 Å². The minimum absolute atomic E-state index is 0.412. The summed E-state index contributed by atoms with van der Waals surface area (Å²) in [7, 11) is 2.14. The van der Waals surface area contributed by atoms with Crippen molar-refractivity contribution in [3.8, 4) is 0 Å². The van der Waals surface area contributed by atoms with Gasteiger partial charge < -0.3 is 10.6 Å². The first-order valence-corrected chi connectivity index (χ1v) is 6.08. The van der Waals surface area contributed by atoms with Gasteiger partial charge >= 0.3 is 0 Å². The minimum Gasteiger partial charge on any atom is -0.357 e. The van der Waals surface area contributed by atoms with Gasteiger partial charge in [0.05, 0.1) is 0 Å². The molecule has 88 valence electrons. The van der Waals surface area contributed by atoms with Crippen LogP contribution in [-0.2, 0) is 0 Å². The lowest BCUT2D eigenvalue weighted by Crippen LogP contribution is -2.39. The van der Waals surface area contributed by atoms with E-state index in [2.05, 4.69) is 29.9 Å². The van der Waals surface area contributed by atoms with Crippen LogP contribution < -0.4 is 10.6 Å². The Kier molecular flexibility index (Phi) is 3.44. The molecule has 1 aliphatic carbocycles. The highest BCUT2D eigenvalue weighted by Crippen LogP contribution is 2.24. The number of rotatable bonds is 2. The maximum atomic E-state index is 5.93. The molecule has 0 bridgehead atoms. The zero-order chi connectivity index (χ0) is 11.5. The van der Waals surface area contributed by atoms with Crippen LogP contribution in [-0.4, -0.2) is 24.1 Å². The molecule has 1 fully saturated rings. The van der Waals surface area contributed by atoms with E-state index >= 15 is 0 Å². The fraction of sp³-hybridized carbons (Fsp3) is 0.615. The van der Waals surface area contributed by atoms with Gasteiger partial charge in [-0.25, -0.2) is 4.98 Å². The Balaban J connectivity index is 2.04. The summed E-state index contributed by atoms with van der Waals surface area (Å²) in [6, 6.07) is 5.20. The number of anilines is 1. The molecule has 16 heavy (non-hydrogen) atoms. The summed E-state index contributed by atoms with van der Waals surface area (Å²) < 4.78 is 0. The van der Waals surface area contributed by atoms with E-state index in [-0.39, 0.29) is 0 Å². The zero-order valence-corrected chi connectivity index (χ0v) is 10.2. The molecule has 0 aliphatic heterocycles. The Morgan fingerprint density at radius 1 is 1.31 bits per heavy atom. The molecule has 1 aliphatic rings. The van der Waals surface area contributed by atoms with Crippen LogP contribution in [0, 0.1) is 6.92 Å². The number of nitrogens with two attached hydrogens (primary N) is 1. The van der Waals surface area contributed by atoms with Crippen LogP contribution in [0.2, 0.25) is 0 Å². The molecular formula is C13H21N3. The van der Waals surface area contributed by atoms with Crippen molar-refractivity contribution < 1.29 is 0 Å². The lowest BCUT2D eigenvalue weighted by molar-refractivity contribution is 0.384. The van der Waals surface area contributed by atoms with Crippen LogP contribution in [0.4, 0.5) is 5.82 Å². The predicted molar refractivity (Wildman–Crippen MR) is 67.6 cm³/mol. The standard InChI is InChI=1S/C13H21N3/c1-10-7-8-15-13(9-10)16(2)12-5-3-11(14)4-6-12/h7-9,11-12H,3-6,14H2,1-2H3. The molecule has 0 saturated heterocycles. The Labute approximate surface area is 97.7 Å². The van der Waals surface area contributed by atoms with Crippen LogP contribution in [0.15, 0.2) is 18.3 Å². The lowest BCUT2D eigenvalue weighted by Gasteiger charge is -2.34. The third kappa shape index (κ3) is 2.53. The molecule has 1 saturated carbocycles. The predicted octanol–water partition coefficient (Wildman–Crippen LogP) is 2.10. The second kappa shape index (κ2) is 4.83. The van der Waals surface area contributed by atoms with E-state index in [1.807, 2.05) is 12.3 Å². The fourth-order valence-corrected chi connectivity index (χ4v) is 2.39. The van der Waals surface area contributed by atoms with Crippen molar-refractivity contribution in [2.45, 2.75) is 44.7 Å². The van der Waals surface area contributed by atoms with E-state index in [1.165, 1.54) is 18.4 Å². The normalized spacial score (nSPS) is 25.4. The van der Waals surface area contributed by atoms with Gasteiger partial charge in [0.15, 0.2) is 0 Å². The van der Waals surface area contributed by atoms with Gasteiger partial charge in [0.25, 0.3) is 0 Å². The van der Waals surface area contributed by atoms with Gasteiger partial charge in [-0.1, -0.05) is 0 Å². The highest BCUT2D eigenvalue weighted by atomic mass is 15.2. The van der Waals surface area contributed by atoms with Crippen molar-refractivity contribution in [2.75, 3.05) is 11.9 Å². The SMILES string of the molecule is Cc1ccnc(N(C)C2CCC(N)CC2)c1. The Morgan fingerprint density at radius 2 is 2.00 bits per heavy atom. The zero-order valence-electron chi connectivity index (χ0n) is 10.2. The van der Waals surface area contributed by atoms with Crippen molar-refractivity contribution in [3.05, 3.63) is 23.9 Å². The van der Waals surface area contributed by atoms with Gasteiger partial charge in [-0.3, -0.25) is 0 Å². The number of nitrogens with zero attached hydrogens (tertiary/aromatic N) is 2. The molecule has 3 heteroatoms. The largest absolute Gasteiger partial charge is 0.357 e. The van der Waals surface area contributed by atoms with Gasteiger partial charge in [-0.15, -0.1) is 0 Å². The van der Waals surface area contributed by atoms with Crippen LogP contribution in [0.25, 0.3) is 0 Å². The molecular weight excluding hydrogens is 198 g/mol. The van der Waals surface area contributed by atoms with Crippen molar-refractivity contribution in [1.82, 2.24) is 4.98 Å². The van der Waals surface area contributed by atoms with Crippen LogP contribution in [0.3, 0.4) is 0 Å². The summed E-state index contributed by atoms with van der Waals surface area (Å²) in [5.74, 6) is 1.08. The van der Waals surface area contributed by atoms with E-state index < -0.39 is 0 Å². The first-order valence-electron chi connectivity index (χ1n) is 6.08. The summed E-state index contributed by atoms with van der Waals surface area (Å²) in [5.41, 5.74) is 7.19. The van der Waals surface area contributed by atoms with Gasteiger partial charge in [0.2, 0.25) is 0 Å². The van der Waals surface area contributed by atoms with E-state index in [0.717, 1.165) is 18.7 Å². The van der Waals surface area contributed by atoms with Gasteiger partial charge in [0, 0.05) is 25.3 Å². The molecule has 1 aromatic rings. The summed E-state index contributed by atoms with van der Waals surface area (Å²) in [5, 5.41) is 0. The number of hydrogen-bond acceptors (Lipinski definition) is 3. The van der Waals surface area contributed by atoms with E-state index in [1.54, 1.807) is 0 Å². The summed E-state index contributed by atoms with van der Waals surface area (Å²) in [4.78, 5) is 6.73. The fourth-order valence-electron chi connectivity index (χ4n) is 2.39. The summed E-state index contributed by atoms with van der Waals surface area (Å²) in [6.07, 6.45) is 6.54. The highest BCUT2D eigenvalue weighted by molar-refractivity contribution is 5.40. The minimum atomic E-state index is 0.412. The average Bonchev–Trinajstić information content (AvgIpc) is 2.29. The Morgan fingerprint density at radius 3 is 2.62 bits per heavy atom. The van der Waals surface area contributed by atoms with E-state index in [4.69, 9.17) is 5.73 Å². The van der Waals surface area contributed by atoms with E-state index in [9.17, 15) is 0 Å². The van der Waals surface area contributed by atoms with Crippen LogP contribution in [0.5, 0.6) is 0 Å². The molecule has 2 N–H and O–H groups in total. The number of aryl methyl sites for hydroxylation is 1. The van der Waals surface area contributed by atoms with Crippen LogP contribution >= 0.6 is 0 Å². The molecule has 0 amide bonds. The molecule has 0 spiro atoms. The molecule has 3 nitrogen and oxygen atoms in total. The third-order valence-electron chi connectivity index (χ3n) is 3.55. The number of hydrogen-bond donors (Lipinski definition) is 1. The lowest BCUT2D eigenvalue weighted by atomic mass is 9.91. The average molecular weight is 219 g/mol. The van der Waals surface area contributed by atoms with Crippen molar-refractivity contribution in [1.29, 1.82) is 0 Å². The first-order chi connectivity index (χ1) is 7.66. The van der Waals surface area contributed by atoms with Crippen molar-refractivity contribution >= 4 is 5.82 Å². The first kappa shape index (κ1) is 11.4. The molecule has 0 atom stereocenters. The second-order valence-electron chi connectivity index (χ2n) is 4.87. The number of aromatic nitrogens is 1. The topological polar surface area (TPSA) is 42.2 Å². The highest BCUT2D eigenvalue weighted by Gasteiger charge is 2.22.